The molecule has 8 nitrogen and oxygen atoms in total. The molecule has 1 heterocycles. The number of hydrogen-bond acceptors (Lipinski definition) is 7. The van der Waals surface area contributed by atoms with Gasteiger partial charge in [0.2, 0.25) is 10.0 Å². The average Bonchev–Trinajstić information content (AvgIpc) is 3.43. The Morgan fingerprint density at radius 3 is 2.37 bits per heavy atom. The Hall–Kier alpha value is -3.08. The molecule has 4 rings (SSSR count). The summed E-state index contributed by atoms with van der Waals surface area (Å²) in [7, 11) is -4.27. The normalized spacial score (nSPS) is 16.1. The minimum Gasteiger partial charge on any atom is -0.391 e. The maximum Gasteiger partial charge on any atom is 0.332 e. The molecule has 3 aromatic carbocycles. The molecule has 1 aliphatic rings. The molecule has 1 aliphatic heterocycles. The van der Waals surface area contributed by atoms with Gasteiger partial charge in [0, 0.05) is 15.6 Å². The minimum atomic E-state index is -4.27. The SMILES string of the molecule is O=Cc1ccccc1-c1ccc(C[C@H](NS(=O)(=O)c2cc(Cl)cc(Cl)c2)C(=O)OC(=O)[C@@H]2CCCN2)cc1. The lowest BCUT2D eigenvalue weighted by molar-refractivity contribution is -0.162. The van der Waals surface area contributed by atoms with Gasteiger partial charge in [-0.2, -0.15) is 4.72 Å². The van der Waals surface area contributed by atoms with Gasteiger partial charge in [0.05, 0.1) is 4.90 Å². The molecule has 3 aromatic rings. The quantitative estimate of drug-likeness (QED) is 0.223. The number of hydrogen-bond donors (Lipinski definition) is 2. The number of benzene rings is 3. The maximum absolute atomic E-state index is 13.1. The van der Waals surface area contributed by atoms with Crippen LogP contribution in [0.4, 0.5) is 0 Å². The molecular formula is C27H24Cl2N2O6S. The Bertz CT molecular complexity index is 1430. The van der Waals surface area contributed by atoms with Crippen molar-refractivity contribution < 1.29 is 27.5 Å². The lowest BCUT2D eigenvalue weighted by Crippen LogP contribution is -2.45. The molecule has 38 heavy (non-hydrogen) atoms. The van der Waals surface area contributed by atoms with E-state index in [4.69, 9.17) is 27.9 Å². The van der Waals surface area contributed by atoms with E-state index in [9.17, 15) is 22.8 Å². The van der Waals surface area contributed by atoms with Gasteiger partial charge >= 0.3 is 11.9 Å². The highest BCUT2D eigenvalue weighted by Crippen LogP contribution is 2.25. The number of sulfonamides is 1. The van der Waals surface area contributed by atoms with Gasteiger partial charge < -0.3 is 10.1 Å². The van der Waals surface area contributed by atoms with E-state index in [0.29, 0.717) is 24.1 Å². The summed E-state index contributed by atoms with van der Waals surface area (Å²) in [6.07, 6.45) is 1.95. The van der Waals surface area contributed by atoms with Crippen molar-refractivity contribution in [2.24, 2.45) is 0 Å². The Labute approximate surface area is 230 Å². The van der Waals surface area contributed by atoms with Gasteiger partial charge in [-0.25, -0.2) is 18.0 Å². The van der Waals surface area contributed by atoms with Crippen molar-refractivity contribution in [2.75, 3.05) is 6.54 Å². The van der Waals surface area contributed by atoms with Gasteiger partial charge in [-0.1, -0.05) is 71.7 Å². The first kappa shape index (κ1) is 27.9. The Morgan fingerprint density at radius 1 is 1.05 bits per heavy atom. The van der Waals surface area contributed by atoms with Crippen molar-refractivity contribution in [3.8, 4) is 11.1 Å². The van der Waals surface area contributed by atoms with Crippen LogP contribution in [-0.4, -0.2) is 45.3 Å². The number of carbonyl (C=O) groups is 3. The third-order valence-corrected chi connectivity index (χ3v) is 7.95. The molecule has 1 saturated heterocycles. The van der Waals surface area contributed by atoms with Gasteiger partial charge in [0.1, 0.15) is 12.1 Å². The maximum atomic E-state index is 13.1. The minimum absolute atomic E-state index is 0.102. The average molecular weight is 575 g/mol. The molecule has 0 amide bonds. The zero-order valence-corrected chi connectivity index (χ0v) is 22.4. The number of halogens is 2. The summed E-state index contributed by atoms with van der Waals surface area (Å²) in [5, 5.41) is 3.15. The third-order valence-electron chi connectivity index (χ3n) is 6.07. The molecule has 0 saturated carbocycles. The molecule has 0 unspecified atom stereocenters. The number of esters is 2. The molecular weight excluding hydrogens is 551 g/mol. The van der Waals surface area contributed by atoms with Crippen LogP contribution in [0, 0.1) is 0 Å². The van der Waals surface area contributed by atoms with E-state index in [2.05, 4.69) is 10.0 Å². The van der Waals surface area contributed by atoms with Crippen molar-refractivity contribution >= 4 is 51.4 Å². The predicted molar refractivity (Wildman–Crippen MR) is 144 cm³/mol. The molecule has 2 N–H and O–H groups in total. The van der Waals surface area contributed by atoms with Crippen LogP contribution in [0.1, 0.15) is 28.8 Å². The fraction of sp³-hybridized carbons (Fsp3) is 0.222. The van der Waals surface area contributed by atoms with Crippen LogP contribution in [0.3, 0.4) is 0 Å². The monoisotopic (exact) mass is 574 g/mol. The molecule has 198 valence electrons. The van der Waals surface area contributed by atoms with Crippen LogP contribution < -0.4 is 10.0 Å². The molecule has 0 aromatic heterocycles. The first-order valence-electron chi connectivity index (χ1n) is 11.8. The lowest BCUT2D eigenvalue weighted by atomic mass is 9.98. The molecule has 1 fully saturated rings. The van der Waals surface area contributed by atoms with E-state index in [-0.39, 0.29) is 21.4 Å². The fourth-order valence-corrected chi connectivity index (χ4v) is 6.07. The van der Waals surface area contributed by atoms with Gasteiger partial charge in [0.15, 0.2) is 6.29 Å². The van der Waals surface area contributed by atoms with Crippen LogP contribution >= 0.6 is 23.2 Å². The van der Waals surface area contributed by atoms with Crippen LogP contribution in [0.2, 0.25) is 10.0 Å². The van der Waals surface area contributed by atoms with Crippen molar-refractivity contribution in [2.45, 2.75) is 36.2 Å². The van der Waals surface area contributed by atoms with Gasteiger partial charge in [-0.05, 0) is 60.7 Å². The highest BCUT2D eigenvalue weighted by molar-refractivity contribution is 7.89. The van der Waals surface area contributed by atoms with Crippen molar-refractivity contribution in [1.82, 2.24) is 10.0 Å². The van der Waals surface area contributed by atoms with E-state index in [1.165, 1.54) is 18.2 Å². The van der Waals surface area contributed by atoms with E-state index in [0.717, 1.165) is 23.8 Å². The fourth-order valence-electron chi connectivity index (χ4n) is 4.16. The molecule has 0 bridgehead atoms. The highest BCUT2D eigenvalue weighted by Gasteiger charge is 2.32. The lowest BCUT2D eigenvalue weighted by Gasteiger charge is -2.19. The number of nitrogens with one attached hydrogen (secondary N) is 2. The zero-order valence-electron chi connectivity index (χ0n) is 20.0. The summed E-state index contributed by atoms with van der Waals surface area (Å²) in [5.74, 6) is -1.79. The highest BCUT2D eigenvalue weighted by atomic mass is 35.5. The third kappa shape index (κ3) is 6.86. The molecule has 0 radical (unpaired) electrons. The van der Waals surface area contributed by atoms with Crippen molar-refractivity contribution in [3.05, 3.63) is 87.9 Å². The van der Waals surface area contributed by atoms with Gasteiger partial charge in [-0.3, -0.25) is 4.79 Å². The standard InChI is InChI=1S/C27H24Cl2N2O6S/c28-20-13-21(29)15-22(14-20)38(35,36)31-25(27(34)37-26(33)24-6-3-11-30-24)12-17-7-9-18(10-8-17)23-5-2-1-4-19(23)16-32/h1-2,4-5,7-10,13-16,24-25,30-31H,3,6,11-12H2/t24-,25-/m0/s1. The molecule has 0 aliphatic carbocycles. The second kappa shape index (κ2) is 12.2. The predicted octanol–water partition coefficient (Wildman–Crippen LogP) is 4.18. The Kier molecular flexibility index (Phi) is 8.96. The van der Waals surface area contributed by atoms with Gasteiger partial charge in [-0.15, -0.1) is 0 Å². The summed E-state index contributed by atoms with van der Waals surface area (Å²) in [5.41, 5.74) is 2.62. The molecule has 11 heteroatoms. The summed E-state index contributed by atoms with van der Waals surface area (Å²) in [6.45, 7) is 0.624. The largest absolute Gasteiger partial charge is 0.391 e. The first-order valence-corrected chi connectivity index (χ1v) is 14.0. The number of carbonyl (C=O) groups excluding carboxylic acids is 3. The summed E-state index contributed by atoms with van der Waals surface area (Å²) in [4.78, 5) is 36.7. The van der Waals surface area contributed by atoms with E-state index < -0.39 is 34.0 Å². The van der Waals surface area contributed by atoms with E-state index >= 15 is 0 Å². The van der Waals surface area contributed by atoms with Crippen LogP contribution in [-0.2, 0) is 30.8 Å². The summed E-state index contributed by atoms with van der Waals surface area (Å²) < 4.78 is 33.7. The van der Waals surface area contributed by atoms with E-state index in [1.54, 1.807) is 36.4 Å². The van der Waals surface area contributed by atoms with Crippen LogP contribution in [0.25, 0.3) is 11.1 Å². The smallest absolute Gasteiger partial charge is 0.332 e. The summed E-state index contributed by atoms with van der Waals surface area (Å²) >= 11 is 11.9. The number of aldehydes is 1. The second-order valence-corrected chi connectivity index (χ2v) is 11.4. The first-order chi connectivity index (χ1) is 18.2. The zero-order chi connectivity index (χ0) is 27.3. The second-order valence-electron chi connectivity index (χ2n) is 8.77. The summed E-state index contributed by atoms with van der Waals surface area (Å²) in [6, 6.07) is 15.8. The molecule has 2 atom stereocenters. The van der Waals surface area contributed by atoms with Gasteiger partial charge in [0.25, 0.3) is 0 Å². The van der Waals surface area contributed by atoms with Crippen molar-refractivity contribution in [3.63, 3.8) is 0 Å². The van der Waals surface area contributed by atoms with Crippen molar-refractivity contribution in [1.29, 1.82) is 0 Å². The topological polar surface area (TPSA) is 119 Å². The van der Waals surface area contributed by atoms with Crippen LogP contribution in [0.5, 0.6) is 0 Å². The Morgan fingerprint density at radius 2 is 1.74 bits per heavy atom. The molecule has 0 spiro atoms. The number of ether oxygens (including phenoxy) is 1. The number of rotatable bonds is 9. The van der Waals surface area contributed by atoms with E-state index in [1.807, 2.05) is 12.1 Å². The van der Waals surface area contributed by atoms with Crippen LogP contribution in [0.15, 0.2) is 71.6 Å². The Balaban J connectivity index is 1.59.